The van der Waals surface area contributed by atoms with Crippen molar-refractivity contribution in [1.82, 2.24) is 15.1 Å². The molecule has 1 aromatic carbocycles. The minimum atomic E-state index is -0.287. The molecule has 0 atom stereocenters. The fourth-order valence-electron chi connectivity index (χ4n) is 2.28. The van der Waals surface area contributed by atoms with Gasteiger partial charge in [-0.05, 0) is 18.9 Å². The Morgan fingerprint density at radius 2 is 1.91 bits per heavy atom. The van der Waals surface area contributed by atoms with E-state index in [0.717, 1.165) is 5.56 Å². The summed E-state index contributed by atoms with van der Waals surface area (Å²) in [5, 5.41) is 2.84. The average Bonchev–Trinajstić information content (AvgIpc) is 2.73. The van der Waals surface area contributed by atoms with E-state index in [-0.39, 0.29) is 24.4 Å². The van der Waals surface area contributed by atoms with Crippen molar-refractivity contribution >= 4 is 17.8 Å². The zero-order chi connectivity index (χ0) is 16.1. The summed E-state index contributed by atoms with van der Waals surface area (Å²) in [7, 11) is 1.59. The van der Waals surface area contributed by atoms with Crippen LogP contribution in [0.25, 0.3) is 0 Å². The largest absolute Gasteiger partial charge is 0.352 e. The lowest BCUT2D eigenvalue weighted by molar-refractivity contribution is -0.126. The summed E-state index contributed by atoms with van der Waals surface area (Å²) in [6, 6.07) is 7.68. The number of aryl methyl sites for hydroxylation is 1. The van der Waals surface area contributed by atoms with Gasteiger partial charge in [0, 0.05) is 26.6 Å². The lowest BCUT2D eigenvalue weighted by Crippen LogP contribution is -2.33. The number of carbonyl (C=O) groups excluding carboxylic acids is 3. The number of imide groups is 1. The van der Waals surface area contributed by atoms with Crippen molar-refractivity contribution in [3.63, 3.8) is 0 Å². The molecule has 6 heteroatoms. The molecule has 1 aliphatic heterocycles. The first kappa shape index (κ1) is 16.0. The summed E-state index contributed by atoms with van der Waals surface area (Å²) in [6.07, 6.45) is 0.775. The molecule has 1 heterocycles. The molecule has 22 heavy (non-hydrogen) atoms. The third kappa shape index (κ3) is 4.07. The van der Waals surface area contributed by atoms with E-state index < -0.39 is 0 Å². The normalized spacial score (nSPS) is 14.6. The number of urea groups is 1. The smallest absolute Gasteiger partial charge is 0.326 e. The second kappa shape index (κ2) is 7.06. The van der Waals surface area contributed by atoms with Crippen molar-refractivity contribution < 1.29 is 14.4 Å². The number of benzene rings is 1. The van der Waals surface area contributed by atoms with E-state index >= 15 is 0 Å². The topological polar surface area (TPSA) is 69.7 Å². The van der Waals surface area contributed by atoms with Gasteiger partial charge in [0.05, 0.1) is 0 Å². The molecule has 4 amide bonds. The number of amides is 4. The maximum atomic E-state index is 11.8. The lowest BCUT2D eigenvalue weighted by Gasteiger charge is -2.13. The Kier molecular flexibility index (Phi) is 5.14. The molecule has 0 aliphatic carbocycles. The minimum absolute atomic E-state index is 0.0759. The molecule has 0 bridgehead atoms. The molecule has 1 aromatic rings. The highest BCUT2D eigenvalue weighted by molar-refractivity contribution is 6.01. The Morgan fingerprint density at radius 3 is 2.50 bits per heavy atom. The summed E-state index contributed by atoms with van der Waals surface area (Å²) >= 11 is 0. The molecule has 1 aliphatic rings. The Morgan fingerprint density at radius 1 is 1.23 bits per heavy atom. The van der Waals surface area contributed by atoms with Crippen molar-refractivity contribution in [2.24, 2.45) is 0 Å². The zero-order valence-electron chi connectivity index (χ0n) is 13.0. The number of hydrogen-bond donors (Lipinski definition) is 1. The van der Waals surface area contributed by atoms with Gasteiger partial charge in [0.1, 0.15) is 6.54 Å². The first-order valence-corrected chi connectivity index (χ1v) is 7.35. The van der Waals surface area contributed by atoms with Crippen LogP contribution in [0.5, 0.6) is 0 Å². The highest BCUT2D eigenvalue weighted by atomic mass is 16.2. The predicted molar refractivity (Wildman–Crippen MR) is 82.0 cm³/mol. The van der Waals surface area contributed by atoms with Gasteiger partial charge in [-0.15, -0.1) is 0 Å². The van der Waals surface area contributed by atoms with E-state index in [2.05, 4.69) is 5.32 Å². The van der Waals surface area contributed by atoms with Crippen LogP contribution in [-0.2, 0) is 16.1 Å². The van der Waals surface area contributed by atoms with E-state index in [1.165, 1.54) is 15.4 Å². The van der Waals surface area contributed by atoms with Crippen LogP contribution in [-0.4, -0.2) is 47.8 Å². The third-order valence-corrected chi connectivity index (χ3v) is 3.63. The summed E-state index contributed by atoms with van der Waals surface area (Å²) in [5.74, 6) is -0.277. The van der Waals surface area contributed by atoms with Gasteiger partial charge in [0.15, 0.2) is 0 Å². The maximum absolute atomic E-state index is 11.8. The molecule has 6 nitrogen and oxygen atoms in total. The highest BCUT2D eigenvalue weighted by Gasteiger charge is 2.32. The van der Waals surface area contributed by atoms with Gasteiger partial charge in [-0.1, -0.05) is 29.8 Å². The fraction of sp³-hybridized carbons (Fsp3) is 0.438. The molecular formula is C16H21N3O3. The molecule has 0 spiro atoms. The van der Waals surface area contributed by atoms with Gasteiger partial charge >= 0.3 is 6.03 Å². The molecule has 0 radical (unpaired) electrons. The quantitative estimate of drug-likeness (QED) is 0.805. The first-order chi connectivity index (χ1) is 10.5. The maximum Gasteiger partial charge on any atom is 0.326 e. The van der Waals surface area contributed by atoms with Crippen molar-refractivity contribution in [1.29, 1.82) is 0 Å². The third-order valence-electron chi connectivity index (χ3n) is 3.63. The van der Waals surface area contributed by atoms with E-state index in [1.54, 1.807) is 7.05 Å². The van der Waals surface area contributed by atoms with Crippen LogP contribution >= 0.6 is 0 Å². The predicted octanol–water partition coefficient (Wildman–Crippen LogP) is 1.29. The van der Waals surface area contributed by atoms with Crippen LogP contribution in [0.2, 0.25) is 0 Å². The van der Waals surface area contributed by atoms with Crippen molar-refractivity contribution in [2.75, 3.05) is 20.1 Å². The summed E-state index contributed by atoms with van der Waals surface area (Å²) < 4.78 is 0. The highest BCUT2D eigenvalue weighted by Crippen LogP contribution is 2.09. The molecule has 0 unspecified atom stereocenters. The van der Waals surface area contributed by atoms with Crippen LogP contribution in [0.15, 0.2) is 24.3 Å². The average molecular weight is 303 g/mol. The molecule has 1 fully saturated rings. The second-order valence-electron chi connectivity index (χ2n) is 5.55. The van der Waals surface area contributed by atoms with Gasteiger partial charge in [0.25, 0.3) is 0 Å². The van der Waals surface area contributed by atoms with Crippen LogP contribution in [0.4, 0.5) is 4.79 Å². The van der Waals surface area contributed by atoms with E-state index in [9.17, 15) is 14.4 Å². The second-order valence-corrected chi connectivity index (χ2v) is 5.55. The van der Waals surface area contributed by atoms with Gasteiger partial charge < -0.3 is 10.2 Å². The number of rotatable bonds is 6. The van der Waals surface area contributed by atoms with Crippen molar-refractivity contribution in [3.05, 3.63) is 35.4 Å². The van der Waals surface area contributed by atoms with Crippen LogP contribution in [0, 0.1) is 6.92 Å². The first-order valence-electron chi connectivity index (χ1n) is 7.35. The van der Waals surface area contributed by atoms with Crippen molar-refractivity contribution in [3.8, 4) is 0 Å². The van der Waals surface area contributed by atoms with Crippen LogP contribution < -0.4 is 5.32 Å². The standard InChI is InChI=1S/C16H21N3O3/c1-12-5-7-13(8-6-12)10-17-14(20)4-3-9-19-15(21)11-18(2)16(19)22/h5-8H,3-4,9-11H2,1-2H3,(H,17,20). The number of nitrogens with zero attached hydrogens (tertiary/aromatic N) is 2. The number of hydrogen-bond acceptors (Lipinski definition) is 3. The van der Waals surface area contributed by atoms with Gasteiger partial charge in [-0.3, -0.25) is 14.5 Å². The monoisotopic (exact) mass is 303 g/mol. The molecule has 1 N–H and O–H groups in total. The molecule has 0 saturated carbocycles. The van der Waals surface area contributed by atoms with Crippen LogP contribution in [0.3, 0.4) is 0 Å². The fourth-order valence-corrected chi connectivity index (χ4v) is 2.28. The molecular weight excluding hydrogens is 282 g/mol. The summed E-state index contributed by atoms with van der Waals surface area (Å²) in [5.41, 5.74) is 2.23. The Hall–Kier alpha value is -2.37. The Bertz CT molecular complexity index is 569. The van der Waals surface area contributed by atoms with E-state index in [1.807, 2.05) is 31.2 Å². The van der Waals surface area contributed by atoms with Gasteiger partial charge in [-0.25, -0.2) is 4.79 Å². The lowest BCUT2D eigenvalue weighted by atomic mass is 10.1. The number of carbonyl (C=O) groups is 3. The number of likely N-dealkylation sites (N-methyl/N-ethyl adjacent to an activating group) is 1. The van der Waals surface area contributed by atoms with E-state index in [0.29, 0.717) is 25.9 Å². The Labute approximate surface area is 130 Å². The van der Waals surface area contributed by atoms with Gasteiger partial charge in [-0.2, -0.15) is 0 Å². The molecule has 2 rings (SSSR count). The van der Waals surface area contributed by atoms with Gasteiger partial charge in [0.2, 0.25) is 11.8 Å². The van der Waals surface area contributed by atoms with E-state index in [4.69, 9.17) is 0 Å². The van der Waals surface area contributed by atoms with Crippen LogP contribution in [0.1, 0.15) is 24.0 Å². The number of nitrogens with one attached hydrogen (secondary N) is 1. The molecule has 0 aromatic heterocycles. The molecule has 1 saturated heterocycles. The zero-order valence-corrected chi connectivity index (χ0v) is 13.0. The Balaban J connectivity index is 1.69. The minimum Gasteiger partial charge on any atom is -0.352 e. The van der Waals surface area contributed by atoms with Crippen molar-refractivity contribution in [2.45, 2.75) is 26.3 Å². The SMILES string of the molecule is Cc1ccc(CNC(=O)CCCN2C(=O)CN(C)C2=O)cc1. The summed E-state index contributed by atoms with van der Waals surface area (Å²) in [4.78, 5) is 37.6. The summed E-state index contributed by atoms with van der Waals surface area (Å²) in [6.45, 7) is 2.92. The molecule has 118 valence electrons.